The molecule has 2 heterocycles. The van der Waals surface area contributed by atoms with Crippen LogP contribution in [0.25, 0.3) is 16.3 Å². The van der Waals surface area contributed by atoms with Crippen molar-refractivity contribution in [2.24, 2.45) is 0 Å². The van der Waals surface area contributed by atoms with Crippen LogP contribution < -0.4 is 4.90 Å². The molecule has 1 aliphatic heterocycles. The fourth-order valence-electron chi connectivity index (χ4n) is 2.54. The Morgan fingerprint density at radius 1 is 1.10 bits per heavy atom. The van der Waals surface area contributed by atoms with Crippen molar-refractivity contribution in [2.45, 2.75) is 11.8 Å². The van der Waals surface area contributed by atoms with Gasteiger partial charge in [0, 0.05) is 17.5 Å². The summed E-state index contributed by atoms with van der Waals surface area (Å²) >= 11 is 3.58. The zero-order valence-corrected chi connectivity index (χ0v) is 13.2. The maximum absolute atomic E-state index is 4.71. The standard InChI is InChI=1S/C17H14N2S2/c1-2-19-13-8-4-6-10-15(13)21-17(19)11-16-18-12-7-3-5-9-14(12)20-16/h3-11H,2H2,1H3/b17-11-. The Labute approximate surface area is 132 Å². The SMILES string of the molecule is CCN1/C(=C/c2nc3ccccc3s2)Sc2ccccc21. The van der Waals surface area contributed by atoms with Gasteiger partial charge in [-0.2, -0.15) is 0 Å². The van der Waals surface area contributed by atoms with Gasteiger partial charge in [-0.05, 0) is 31.2 Å². The maximum atomic E-state index is 4.71. The van der Waals surface area contributed by atoms with E-state index in [9.17, 15) is 0 Å². The summed E-state index contributed by atoms with van der Waals surface area (Å²) in [5.41, 5.74) is 2.38. The largest absolute Gasteiger partial charge is 0.335 e. The van der Waals surface area contributed by atoms with Crippen LogP contribution in [0.2, 0.25) is 0 Å². The van der Waals surface area contributed by atoms with E-state index in [1.54, 1.807) is 11.3 Å². The third-order valence-electron chi connectivity index (χ3n) is 3.51. The predicted molar refractivity (Wildman–Crippen MR) is 92.9 cm³/mol. The van der Waals surface area contributed by atoms with Crippen LogP contribution >= 0.6 is 23.1 Å². The number of benzene rings is 2. The van der Waals surface area contributed by atoms with Gasteiger partial charge in [0.15, 0.2) is 0 Å². The summed E-state index contributed by atoms with van der Waals surface area (Å²) in [6.07, 6.45) is 2.21. The van der Waals surface area contributed by atoms with Crippen LogP contribution in [0.3, 0.4) is 0 Å². The van der Waals surface area contributed by atoms with Gasteiger partial charge in [-0.15, -0.1) is 11.3 Å². The molecule has 4 heteroatoms. The summed E-state index contributed by atoms with van der Waals surface area (Å²) < 4.78 is 1.24. The van der Waals surface area contributed by atoms with Crippen molar-refractivity contribution < 1.29 is 0 Å². The van der Waals surface area contributed by atoms with E-state index in [-0.39, 0.29) is 0 Å². The molecule has 0 aliphatic carbocycles. The lowest BCUT2D eigenvalue weighted by Crippen LogP contribution is -2.16. The van der Waals surface area contributed by atoms with Crippen molar-refractivity contribution in [1.29, 1.82) is 0 Å². The van der Waals surface area contributed by atoms with Gasteiger partial charge in [-0.1, -0.05) is 36.0 Å². The van der Waals surface area contributed by atoms with Gasteiger partial charge in [0.2, 0.25) is 0 Å². The molecule has 0 bridgehead atoms. The van der Waals surface area contributed by atoms with E-state index in [1.165, 1.54) is 20.3 Å². The van der Waals surface area contributed by atoms with Crippen LogP contribution in [-0.4, -0.2) is 11.5 Å². The average molecular weight is 310 g/mol. The molecule has 2 nitrogen and oxygen atoms in total. The van der Waals surface area contributed by atoms with E-state index in [0.29, 0.717) is 0 Å². The molecule has 2 aromatic carbocycles. The molecule has 0 atom stereocenters. The van der Waals surface area contributed by atoms with E-state index >= 15 is 0 Å². The van der Waals surface area contributed by atoms with E-state index in [4.69, 9.17) is 4.98 Å². The predicted octanol–water partition coefficient (Wildman–Crippen LogP) is 5.23. The van der Waals surface area contributed by atoms with Gasteiger partial charge in [0.05, 0.1) is 20.9 Å². The number of para-hydroxylation sites is 2. The Balaban J connectivity index is 1.76. The van der Waals surface area contributed by atoms with Gasteiger partial charge in [-0.3, -0.25) is 0 Å². The topological polar surface area (TPSA) is 16.1 Å². The van der Waals surface area contributed by atoms with Crippen molar-refractivity contribution in [3.63, 3.8) is 0 Å². The number of thiazole rings is 1. The number of nitrogens with zero attached hydrogens (tertiary/aromatic N) is 2. The smallest absolute Gasteiger partial charge is 0.119 e. The zero-order chi connectivity index (χ0) is 14.2. The van der Waals surface area contributed by atoms with E-state index in [1.807, 2.05) is 17.8 Å². The average Bonchev–Trinajstić information content (AvgIpc) is 3.06. The Hall–Kier alpha value is -1.78. The summed E-state index contributed by atoms with van der Waals surface area (Å²) in [6, 6.07) is 16.9. The highest BCUT2D eigenvalue weighted by Gasteiger charge is 2.23. The van der Waals surface area contributed by atoms with Gasteiger partial charge in [-0.25, -0.2) is 4.98 Å². The first kappa shape index (κ1) is 12.9. The van der Waals surface area contributed by atoms with Gasteiger partial charge in [0.25, 0.3) is 0 Å². The van der Waals surface area contributed by atoms with Crippen LogP contribution in [0.1, 0.15) is 11.9 Å². The summed E-state index contributed by atoms with van der Waals surface area (Å²) in [6.45, 7) is 3.16. The molecule has 3 aromatic rings. The molecular formula is C17H14N2S2. The maximum Gasteiger partial charge on any atom is 0.119 e. The lowest BCUT2D eigenvalue weighted by atomic mass is 10.3. The summed E-state index contributed by atoms with van der Waals surface area (Å²) in [5.74, 6) is 0. The number of fused-ring (bicyclic) bond motifs is 2. The second-order valence-electron chi connectivity index (χ2n) is 4.82. The lowest BCUT2D eigenvalue weighted by molar-refractivity contribution is 1.01. The lowest BCUT2D eigenvalue weighted by Gasteiger charge is -2.17. The van der Waals surface area contributed by atoms with Crippen molar-refractivity contribution in [2.75, 3.05) is 11.4 Å². The van der Waals surface area contributed by atoms with Crippen molar-refractivity contribution in [3.05, 3.63) is 58.6 Å². The highest BCUT2D eigenvalue weighted by molar-refractivity contribution is 8.03. The summed E-state index contributed by atoms with van der Waals surface area (Å²) in [5, 5.41) is 2.34. The molecule has 4 rings (SSSR count). The number of thioether (sulfide) groups is 1. The van der Waals surface area contributed by atoms with Crippen LogP contribution in [0.15, 0.2) is 58.5 Å². The Kier molecular flexibility index (Phi) is 3.20. The highest BCUT2D eigenvalue weighted by atomic mass is 32.2. The number of hydrogen-bond donors (Lipinski definition) is 0. The first-order chi connectivity index (χ1) is 10.3. The Morgan fingerprint density at radius 2 is 1.90 bits per heavy atom. The van der Waals surface area contributed by atoms with Crippen LogP contribution in [0.5, 0.6) is 0 Å². The minimum absolute atomic E-state index is 0.973. The molecule has 1 aromatic heterocycles. The second kappa shape index (κ2) is 5.20. The Bertz CT molecular complexity index is 802. The molecule has 0 fully saturated rings. The van der Waals surface area contributed by atoms with Gasteiger partial charge < -0.3 is 4.90 Å². The molecule has 104 valence electrons. The van der Waals surface area contributed by atoms with E-state index in [2.05, 4.69) is 60.4 Å². The second-order valence-corrected chi connectivity index (χ2v) is 6.94. The third-order valence-corrected chi connectivity index (χ3v) is 5.61. The zero-order valence-electron chi connectivity index (χ0n) is 11.6. The number of aromatic nitrogens is 1. The molecule has 1 aliphatic rings. The van der Waals surface area contributed by atoms with Crippen LogP contribution in [0, 0.1) is 0 Å². The molecule has 0 saturated carbocycles. The van der Waals surface area contributed by atoms with E-state index < -0.39 is 0 Å². The molecule has 21 heavy (non-hydrogen) atoms. The van der Waals surface area contributed by atoms with Crippen molar-refractivity contribution >= 4 is 45.1 Å². The molecule has 0 radical (unpaired) electrons. The minimum Gasteiger partial charge on any atom is -0.335 e. The van der Waals surface area contributed by atoms with Crippen molar-refractivity contribution in [1.82, 2.24) is 4.98 Å². The van der Waals surface area contributed by atoms with Gasteiger partial charge in [0.1, 0.15) is 5.01 Å². The monoisotopic (exact) mass is 310 g/mol. The molecule has 0 saturated heterocycles. The van der Waals surface area contributed by atoms with Crippen LogP contribution in [-0.2, 0) is 0 Å². The van der Waals surface area contributed by atoms with Crippen LogP contribution in [0.4, 0.5) is 5.69 Å². The number of hydrogen-bond acceptors (Lipinski definition) is 4. The molecular weight excluding hydrogens is 296 g/mol. The molecule has 0 unspecified atom stereocenters. The fraction of sp³-hybridized carbons (Fsp3) is 0.118. The number of rotatable bonds is 2. The number of anilines is 1. The quantitative estimate of drug-likeness (QED) is 0.645. The third kappa shape index (κ3) is 2.24. The van der Waals surface area contributed by atoms with Crippen molar-refractivity contribution in [3.8, 4) is 0 Å². The molecule has 0 amide bonds. The normalized spacial score (nSPS) is 15.9. The summed E-state index contributed by atoms with van der Waals surface area (Å²) in [7, 11) is 0. The van der Waals surface area contributed by atoms with Gasteiger partial charge >= 0.3 is 0 Å². The summed E-state index contributed by atoms with van der Waals surface area (Å²) in [4.78, 5) is 8.39. The fourth-order valence-corrected chi connectivity index (χ4v) is 4.69. The first-order valence-electron chi connectivity index (χ1n) is 6.97. The molecule has 0 spiro atoms. The molecule has 0 N–H and O–H groups in total. The Morgan fingerprint density at radius 3 is 2.76 bits per heavy atom. The minimum atomic E-state index is 0.973. The first-order valence-corrected chi connectivity index (χ1v) is 8.60. The highest BCUT2D eigenvalue weighted by Crippen LogP contribution is 2.46. The van der Waals surface area contributed by atoms with E-state index in [0.717, 1.165) is 17.1 Å².